The van der Waals surface area contributed by atoms with E-state index in [2.05, 4.69) is 0 Å². The van der Waals surface area contributed by atoms with E-state index in [1.807, 2.05) is 0 Å². The van der Waals surface area contributed by atoms with E-state index in [0.29, 0.717) is 0 Å². The monoisotopic (exact) mass is 504 g/mol. The highest BCUT2D eigenvalue weighted by Gasteiger charge is 2.53. The Balaban J connectivity index is 1.84. The lowest BCUT2D eigenvalue weighted by Crippen LogP contribution is -2.66. The summed E-state index contributed by atoms with van der Waals surface area (Å²) in [5.41, 5.74) is 0. The normalized spacial score (nSPS) is 52.5. The highest BCUT2D eigenvalue weighted by Crippen LogP contribution is 2.32. The molecule has 3 aliphatic rings. The fourth-order valence-corrected chi connectivity index (χ4v) is 4.04. The average Bonchev–Trinajstić information content (AvgIpc) is 2.83. The van der Waals surface area contributed by atoms with E-state index in [1.165, 1.54) is 0 Å². The van der Waals surface area contributed by atoms with Crippen molar-refractivity contribution in [1.82, 2.24) is 0 Å². The van der Waals surface area contributed by atoms with Gasteiger partial charge in [0, 0.05) is 0 Å². The topological polar surface area (TPSA) is 269 Å². The Labute approximate surface area is 192 Å². The van der Waals surface area contributed by atoms with Crippen LogP contribution in [-0.2, 0) is 23.7 Å². The molecule has 0 spiro atoms. The first-order valence-corrected chi connectivity index (χ1v) is 10.6. The molecule has 0 aromatic rings. The summed E-state index contributed by atoms with van der Waals surface area (Å²) in [6.45, 7) is -2.35. The van der Waals surface area contributed by atoms with Crippen molar-refractivity contribution in [2.75, 3.05) is 19.8 Å². The lowest BCUT2D eigenvalue weighted by molar-refractivity contribution is -0.387. The summed E-state index contributed by atoms with van der Waals surface area (Å²) in [7, 11) is 0. The van der Waals surface area contributed by atoms with Gasteiger partial charge in [-0.05, 0) is 0 Å². The van der Waals surface area contributed by atoms with Gasteiger partial charge in [0.15, 0.2) is 18.9 Å². The van der Waals surface area contributed by atoms with Crippen LogP contribution < -0.4 is 0 Å². The summed E-state index contributed by atoms with van der Waals surface area (Å²) in [6.07, 6.45) is -25.6. The summed E-state index contributed by atoms with van der Waals surface area (Å²) in [5, 5.41) is 109. The van der Waals surface area contributed by atoms with Crippen LogP contribution in [0, 0.1) is 0 Å². The number of ether oxygens (including phenoxy) is 5. The molecular weight excluding hydrogens is 472 g/mol. The quantitative estimate of drug-likeness (QED) is 0.154. The molecule has 16 nitrogen and oxygen atoms in total. The molecule has 0 bridgehead atoms. The standard InChI is InChI=1S/C18H32O16/c19-1-4-7(22)9(24)13(28)17(31-4)34-15-10(25)8(23)5(2-20)32-18(15)33-14-6(3-21)30-16(29)12(27)11(14)26/h4-29H,1-3H2/t4-,5-,6-,7+,8-,9+,10+,11-,12-,13-,14-,15-,16-,17-,18+/m1/s1. The second kappa shape index (κ2) is 11.6. The molecule has 11 N–H and O–H groups in total. The number of hydrogen-bond acceptors (Lipinski definition) is 16. The first kappa shape index (κ1) is 27.9. The van der Waals surface area contributed by atoms with E-state index >= 15 is 0 Å². The van der Waals surface area contributed by atoms with Gasteiger partial charge in [-0.2, -0.15) is 0 Å². The molecule has 0 amide bonds. The summed E-state index contributed by atoms with van der Waals surface area (Å²) in [5.74, 6) is 0. The molecule has 15 atom stereocenters. The molecule has 34 heavy (non-hydrogen) atoms. The predicted molar refractivity (Wildman–Crippen MR) is 101 cm³/mol. The van der Waals surface area contributed by atoms with Gasteiger partial charge in [0.2, 0.25) is 0 Å². The van der Waals surface area contributed by atoms with Crippen molar-refractivity contribution < 1.29 is 79.9 Å². The second-order valence-electron chi connectivity index (χ2n) is 8.33. The van der Waals surface area contributed by atoms with Gasteiger partial charge in [-0.15, -0.1) is 0 Å². The Bertz CT molecular complexity index is 637. The van der Waals surface area contributed by atoms with Gasteiger partial charge in [0.25, 0.3) is 0 Å². The fraction of sp³-hybridized carbons (Fsp3) is 1.00. The Morgan fingerprint density at radius 1 is 0.441 bits per heavy atom. The zero-order valence-corrected chi connectivity index (χ0v) is 17.7. The van der Waals surface area contributed by atoms with Gasteiger partial charge in [-0.1, -0.05) is 0 Å². The maximum absolute atomic E-state index is 10.6. The molecule has 3 aliphatic heterocycles. The van der Waals surface area contributed by atoms with E-state index in [-0.39, 0.29) is 0 Å². The Morgan fingerprint density at radius 3 is 1.47 bits per heavy atom. The Hall–Kier alpha value is -0.640. The smallest absolute Gasteiger partial charge is 0.187 e. The van der Waals surface area contributed by atoms with Crippen LogP contribution in [0.2, 0.25) is 0 Å². The van der Waals surface area contributed by atoms with Gasteiger partial charge < -0.3 is 79.9 Å². The van der Waals surface area contributed by atoms with E-state index < -0.39 is 112 Å². The first-order valence-electron chi connectivity index (χ1n) is 10.6. The van der Waals surface area contributed by atoms with E-state index in [4.69, 9.17) is 23.7 Å². The molecule has 3 fully saturated rings. The number of aliphatic hydroxyl groups excluding tert-OH is 11. The van der Waals surface area contributed by atoms with Crippen molar-refractivity contribution in [3.8, 4) is 0 Å². The van der Waals surface area contributed by atoms with Gasteiger partial charge in [-0.3, -0.25) is 0 Å². The fourth-order valence-electron chi connectivity index (χ4n) is 4.04. The third-order valence-electron chi connectivity index (χ3n) is 6.09. The highest BCUT2D eigenvalue weighted by molar-refractivity contribution is 4.96. The van der Waals surface area contributed by atoms with Gasteiger partial charge in [0.05, 0.1) is 19.8 Å². The maximum Gasteiger partial charge on any atom is 0.187 e. The molecule has 0 radical (unpaired) electrons. The van der Waals surface area contributed by atoms with Crippen LogP contribution in [-0.4, -0.2) is 168 Å². The maximum atomic E-state index is 10.6. The summed E-state index contributed by atoms with van der Waals surface area (Å²) >= 11 is 0. The SMILES string of the molecule is OC[C@H]1O[C@H](O[C@H]2[C@H](O[C@H]3[C@H](O)[C@@H](O)[C@H](O)O[C@@H]3CO)O[C@H](CO)[C@@H](O)[C@@H]2O)[C@H](O)[C@@H](O)[C@H]1O. The predicted octanol–water partition coefficient (Wildman–Crippen LogP) is -7.57. The number of hydrogen-bond donors (Lipinski definition) is 11. The van der Waals surface area contributed by atoms with Crippen LogP contribution in [0.15, 0.2) is 0 Å². The minimum atomic E-state index is -1.89. The van der Waals surface area contributed by atoms with E-state index in [1.54, 1.807) is 0 Å². The molecule has 200 valence electrons. The largest absolute Gasteiger partial charge is 0.394 e. The average molecular weight is 504 g/mol. The molecule has 0 aliphatic carbocycles. The number of aliphatic hydroxyl groups is 11. The first-order chi connectivity index (χ1) is 16.0. The number of rotatable bonds is 7. The van der Waals surface area contributed by atoms with Crippen molar-refractivity contribution in [3.63, 3.8) is 0 Å². The molecule has 3 heterocycles. The van der Waals surface area contributed by atoms with Crippen LogP contribution in [0.25, 0.3) is 0 Å². The summed E-state index contributed by atoms with van der Waals surface area (Å²) in [6, 6.07) is 0. The van der Waals surface area contributed by atoms with Crippen molar-refractivity contribution in [2.45, 2.75) is 92.1 Å². The summed E-state index contributed by atoms with van der Waals surface area (Å²) < 4.78 is 26.7. The van der Waals surface area contributed by atoms with Crippen LogP contribution in [0.4, 0.5) is 0 Å². The Kier molecular flexibility index (Phi) is 9.54. The zero-order chi connectivity index (χ0) is 25.3. The molecule has 0 aromatic heterocycles. The van der Waals surface area contributed by atoms with E-state index in [9.17, 15) is 56.2 Å². The van der Waals surface area contributed by atoms with Crippen LogP contribution >= 0.6 is 0 Å². The van der Waals surface area contributed by atoms with Crippen LogP contribution in [0.3, 0.4) is 0 Å². The third kappa shape index (κ3) is 5.37. The van der Waals surface area contributed by atoms with Gasteiger partial charge in [0.1, 0.15) is 73.2 Å². The van der Waals surface area contributed by atoms with Crippen molar-refractivity contribution >= 4 is 0 Å². The van der Waals surface area contributed by atoms with E-state index in [0.717, 1.165) is 0 Å². The van der Waals surface area contributed by atoms with Gasteiger partial charge in [-0.25, -0.2) is 0 Å². The molecule has 16 heteroatoms. The molecule has 0 saturated carbocycles. The molecule has 3 saturated heterocycles. The van der Waals surface area contributed by atoms with Crippen molar-refractivity contribution in [3.05, 3.63) is 0 Å². The third-order valence-corrected chi connectivity index (χ3v) is 6.09. The molecule has 0 unspecified atom stereocenters. The highest BCUT2D eigenvalue weighted by atomic mass is 16.8. The molecule has 0 aromatic carbocycles. The van der Waals surface area contributed by atoms with Crippen LogP contribution in [0.1, 0.15) is 0 Å². The molecule has 3 rings (SSSR count). The molecular formula is C18H32O16. The lowest BCUT2D eigenvalue weighted by Gasteiger charge is -2.48. The minimum Gasteiger partial charge on any atom is -0.394 e. The summed E-state index contributed by atoms with van der Waals surface area (Å²) in [4.78, 5) is 0. The van der Waals surface area contributed by atoms with Crippen molar-refractivity contribution in [2.24, 2.45) is 0 Å². The van der Waals surface area contributed by atoms with Crippen molar-refractivity contribution in [1.29, 1.82) is 0 Å². The van der Waals surface area contributed by atoms with Crippen LogP contribution in [0.5, 0.6) is 0 Å². The second-order valence-corrected chi connectivity index (χ2v) is 8.33. The lowest BCUT2D eigenvalue weighted by atomic mass is 9.96. The zero-order valence-electron chi connectivity index (χ0n) is 17.7. The van der Waals surface area contributed by atoms with Gasteiger partial charge >= 0.3 is 0 Å². The Morgan fingerprint density at radius 2 is 0.912 bits per heavy atom. The minimum absolute atomic E-state index is 0.770.